The number of rotatable bonds is 2. The van der Waals surface area contributed by atoms with Crippen LogP contribution in [-0.2, 0) is 7.05 Å². The van der Waals surface area contributed by atoms with Crippen LogP contribution in [-0.4, -0.2) is 29.2 Å². The monoisotopic (exact) mass is 221 g/mol. The molecule has 0 amide bonds. The minimum atomic E-state index is 0.754. The van der Waals surface area contributed by atoms with Crippen LogP contribution in [0.5, 0.6) is 0 Å². The molecule has 1 aromatic heterocycles. The molecule has 0 atom stereocenters. The average Bonchev–Trinajstić information content (AvgIpc) is 2.48. The molecule has 4 heteroatoms. The molecule has 1 fully saturated rings. The van der Waals surface area contributed by atoms with Crippen molar-refractivity contribution >= 4 is 12.1 Å². The van der Waals surface area contributed by atoms with Crippen molar-refractivity contribution in [3.63, 3.8) is 0 Å². The lowest BCUT2D eigenvalue weighted by Gasteiger charge is -2.22. The Kier molecular flexibility index (Phi) is 3.27. The highest BCUT2D eigenvalue weighted by Crippen LogP contribution is 2.24. The topological polar surface area (TPSA) is 38.1 Å². The van der Waals surface area contributed by atoms with Gasteiger partial charge in [-0.2, -0.15) is 5.10 Å². The van der Waals surface area contributed by atoms with Crippen LogP contribution in [0.25, 0.3) is 0 Å². The Morgan fingerprint density at radius 3 is 2.38 bits per heavy atom. The Morgan fingerprint density at radius 1 is 1.19 bits per heavy atom. The smallest absolute Gasteiger partial charge is 0.155 e. The fourth-order valence-electron chi connectivity index (χ4n) is 2.46. The van der Waals surface area contributed by atoms with E-state index in [9.17, 15) is 4.79 Å². The fraction of sp³-hybridized carbons (Fsp3) is 0.667. The molecule has 0 unspecified atom stereocenters. The highest BCUT2D eigenvalue weighted by molar-refractivity contribution is 5.84. The highest BCUT2D eigenvalue weighted by atomic mass is 16.1. The Morgan fingerprint density at radius 2 is 1.81 bits per heavy atom. The van der Waals surface area contributed by atoms with Crippen molar-refractivity contribution in [3.05, 3.63) is 11.3 Å². The first-order valence-corrected chi connectivity index (χ1v) is 5.97. The van der Waals surface area contributed by atoms with Gasteiger partial charge in [-0.25, -0.2) is 0 Å². The second-order valence-electron chi connectivity index (χ2n) is 4.47. The molecule has 16 heavy (non-hydrogen) atoms. The zero-order valence-corrected chi connectivity index (χ0v) is 10.1. The number of aldehydes is 1. The lowest BCUT2D eigenvalue weighted by molar-refractivity contribution is 0.112. The molecule has 2 rings (SSSR count). The van der Waals surface area contributed by atoms with Crippen molar-refractivity contribution < 1.29 is 4.79 Å². The lowest BCUT2D eigenvalue weighted by Crippen LogP contribution is -2.27. The van der Waals surface area contributed by atoms with E-state index >= 15 is 0 Å². The van der Waals surface area contributed by atoms with Gasteiger partial charge < -0.3 is 4.90 Å². The molecule has 0 aliphatic carbocycles. The zero-order chi connectivity index (χ0) is 11.5. The number of anilines is 1. The highest BCUT2D eigenvalue weighted by Gasteiger charge is 2.19. The van der Waals surface area contributed by atoms with Crippen LogP contribution in [0, 0.1) is 6.92 Å². The maximum absolute atomic E-state index is 11.1. The van der Waals surface area contributed by atoms with Gasteiger partial charge in [0.25, 0.3) is 0 Å². The number of aryl methyl sites for hydroxylation is 2. The molecule has 88 valence electrons. The zero-order valence-electron chi connectivity index (χ0n) is 10.1. The molecular formula is C12H19N3O. The number of carbonyl (C=O) groups is 1. The Hall–Kier alpha value is -1.32. The van der Waals surface area contributed by atoms with E-state index in [0.717, 1.165) is 36.5 Å². The summed E-state index contributed by atoms with van der Waals surface area (Å²) in [5.74, 6) is 0.995. The summed E-state index contributed by atoms with van der Waals surface area (Å²) in [4.78, 5) is 13.4. The second kappa shape index (κ2) is 4.68. The number of hydrogen-bond donors (Lipinski definition) is 0. The predicted molar refractivity (Wildman–Crippen MR) is 64.0 cm³/mol. The van der Waals surface area contributed by atoms with Crippen molar-refractivity contribution in [3.8, 4) is 0 Å². The molecule has 0 spiro atoms. The Labute approximate surface area is 96.2 Å². The number of hydrogen-bond acceptors (Lipinski definition) is 3. The van der Waals surface area contributed by atoms with E-state index < -0.39 is 0 Å². The second-order valence-corrected chi connectivity index (χ2v) is 4.47. The van der Waals surface area contributed by atoms with Gasteiger partial charge in [0, 0.05) is 20.1 Å². The van der Waals surface area contributed by atoms with Crippen LogP contribution in [0.3, 0.4) is 0 Å². The summed E-state index contributed by atoms with van der Waals surface area (Å²) in [6.45, 7) is 3.98. The van der Waals surface area contributed by atoms with E-state index in [0.29, 0.717) is 0 Å². The fourth-order valence-corrected chi connectivity index (χ4v) is 2.46. The third-order valence-corrected chi connectivity index (χ3v) is 3.26. The molecule has 1 aromatic rings. The quantitative estimate of drug-likeness (QED) is 0.716. The summed E-state index contributed by atoms with van der Waals surface area (Å²) in [5.41, 5.74) is 1.58. The molecule has 1 aliphatic heterocycles. The maximum Gasteiger partial charge on any atom is 0.155 e. The molecule has 2 heterocycles. The normalized spacial score (nSPS) is 17.2. The van der Waals surface area contributed by atoms with Crippen molar-refractivity contribution in [2.24, 2.45) is 7.05 Å². The van der Waals surface area contributed by atoms with Gasteiger partial charge in [0.15, 0.2) is 6.29 Å². The molecule has 4 nitrogen and oxygen atoms in total. The van der Waals surface area contributed by atoms with Gasteiger partial charge >= 0.3 is 0 Å². The first-order chi connectivity index (χ1) is 7.74. The number of nitrogens with zero attached hydrogens (tertiary/aromatic N) is 3. The summed E-state index contributed by atoms with van der Waals surface area (Å²) in [5, 5.41) is 4.33. The average molecular weight is 221 g/mol. The van der Waals surface area contributed by atoms with E-state index in [2.05, 4.69) is 10.00 Å². The van der Waals surface area contributed by atoms with Crippen molar-refractivity contribution in [1.29, 1.82) is 0 Å². The SMILES string of the molecule is Cc1nn(C)c(N2CCCCCC2)c1C=O. The summed E-state index contributed by atoms with van der Waals surface area (Å²) < 4.78 is 1.84. The molecule has 0 aromatic carbocycles. The largest absolute Gasteiger partial charge is 0.356 e. The summed E-state index contributed by atoms with van der Waals surface area (Å²) in [6.07, 6.45) is 5.95. The Balaban J connectivity index is 2.33. The van der Waals surface area contributed by atoms with Gasteiger partial charge in [-0.1, -0.05) is 12.8 Å². The van der Waals surface area contributed by atoms with Crippen LogP contribution >= 0.6 is 0 Å². The van der Waals surface area contributed by atoms with Gasteiger partial charge in [0.2, 0.25) is 0 Å². The van der Waals surface area contributed by atoms with Crippen LogP contribution in [0.4, 0.5) is 5.82 Å². The summed E-state index contributed by atoms with van der Waals surface area (Å²) in [7, 11) is 1.92. The third-order valence-electron chi connectivity index (χ3n) is 3.26. The van der Waals surface area contributed by atoms with E-state index in [1.165, 1.54) is 25.7 Å². The van der Waals surface area contributed by atoms with Crippen molar-refractivity contribution in [1.82, 2.24) is 9.78 Å². The molecule has 1 saturated heterocycles. The minimum absolute atomic E-state index is 0.754. The maximum atomic E-state index is 11.1. The van der Waals surface area contributed by atoms with Crippen LogP contribution in [0.1, 0.15) is 41.7 Å². The summed E-state index contributed by atoms with van der Waals surface area (Å²) >= 11 is 0. The Bertz CT molecular complexity index is 376. The van der Waals surface area contributed by atoms with Crippen LogP contribution in [0.2, 0.25) is 0 Å². The van der Waals surface area contributed by atoms with Gasteiger partial charge in [0.1, 0.15) is 5.82 Å². The molecule has 1 aliphatic rings. The van der Waals surface area contributed by atoms with Crippen molar-refractivity contribution in [2.75, 3.05) is 18.0 Å². The summed E-state index contributed by atoms with van der Waals surface area (Å²) in [6, 6.07) is 0. The standard InChI is InChI=1S/C12H19N3O/c1-10-11(9-16)12(14(2)13-10)15-7-5-3-4-6-8-15/h9H,3-8H2,1-2H3. The van der Waals surface area contributed by atoms with Crippen LogP contribution in [0.15, 0.2) is 0 Å². The van der Waals surface area contributed by atoms with Gasteiger partial charge in [-0.3, -0.25) is 9.48 Å². The third kappa shape index (κ3) is 1.96. The van der Waals surface area contributed by atoms with Gasteiger partial charge in [-0.15, -0.1) is 0 Å². The number of aromatic nitrogens is 2. The van der Waals surface area contributed by atoms with Gasteiger partial charge in [0.05, 0.1) is 11.3 Å². The predicted octanol–water partition coefficient (Wildman–Crippen LogP) is 1.92. The van der Waals surface area contributed by atoms with Gasteiger partial charge in [-0.05, 0) is 19.8 Å². The lowest BCUT2D eigenvalue weighted by atomic mass is 10.2. The minimum Gasteiger partial charge on any atom is -0.356 e. The number of carbonyl (C=O) groups excluding carboxylic acids is 1. The first-order valence-electron chi connectivity index (χ1n) is 5.97. The molecule has 0 bridgehead atoms. The van der Waals surface area contributed by atoms with E-state index in [1.807, 2.05) is 18.7 Å². The molecule has 0 radical (unpaired) electrons. The van der Waals surface area contributed by atoms with Crippen LogP contribution < -0.4 is 4.90 Å². The molecule has 0 N–H and O–H groups in total. The molecular weight excluding hydrogens is 202 g/mol. The molecule has 0 saturated carbocycles. The van der Waals surface area contributed by atoms with E-state index in [-0.39, 0.29) is 0 Å². The van der Waals surface area contributed by atoms with E-state index in [4.69, 9.17) is 0 Å². The first kappa shape index (κ1) is 11.2. The van der Waals surface area contributed by atoms with E-state index in [1.54, 1.807) is 0 Å². The van der Waals surface area contributed by atoms with Crippen molar-refractivity contribution in [2.45, 2.75) is 32.6 Å².